The molecule has 1 N–H and O–H groups in total. The molecule has 1 aromatic heterocycles. The van der Waals surface area contributed by atoms with Gasteiger partial charge < -0.3 is 4.90 Å². The zero-order valence-electron chi connectivity index (χ0n) is 16.6. The van der Waals surface area contributed by atoms with E-state index in [9.17, 15) is 9.59 Å². The first-order valence-corrected chi connectivity index (χ1v) is 11.7. The van der Waals surface area contributed by atoms with Crippen LogP contribution >= 0.6 is 23.1 Å². The third kappa shape index (κ3) is 5.06. The first-order valence-electron chi connectivity index (χ1n) is 9.70. The Hall–Kier alpha value is -2.71. The molecule has 6 nitrogen and oxygen atoms in total. The Morgan fingerprint density at radius 2 is 2.03 bits per heavy atom. The molecule has 1 atom stereocenters. The van der Waals surface area contributed by atoms with E-state index in [1.807, 2.05) is 61.5 Å². The van der Waals surface area contributed by atoms with Crippen LogP contribution in [-0.4, -0.2) is 34.3 Å². The van der Waals surface area contributed by atoms with Crippen molar-refractivity contribution in [1.82, 2.24) is 10.2 Å². The van der Waals surface area contributed by atoms with Crippen LogP contribution in [0.2, 0.25) is 0 Å². The van der Waals surface area contributed by atoms with E-state index in [1.54, 1.807) is 16.7 Å². The van der Waals surface area contributed by atoms with Crippen LogP contribution in [0.4, 0.5) is 10.8 Å². The maximum atomic E-state index is 12.5. The third-order valence-electron chi connectivity index (χ3n) is 4.82. The molecule has 8 heteroatoms. The molecule has 2 heterocycles. The number of thioether (sulfide) groups is 1. The van der Waals surface area contributed by atoms with Gasteiger partial charge in [0.15, 0.2) is 0 Å². The highest BCUT2D eigenvalue weighted by molar-refractivity contribution is 7.99. The minimum Gasteiger partial charge on any atom is -0.312 e. The average molecular weight is 439 g/mol. The summed E-state index contributed by atoms with van der Waals surface area (Å²) in [4.78, 5) is 26.5. The topological polar surface area (TPSA) is 75.2 Å². The molecule has 1 aliphatic heterocycles. The van der Waals surface area contributed by atoms with Gasteiger partial charge in [0.2, 0.25) is 16.9 Å². The molecule has 0 aliphatic carbocycles. The molecule has 0 radical (unpaired) electrons. The van der Waals surface area contributed by atoms with Crippen molar-refractivity contribution in [3.05, 3.63) is 70.7 Å². The van der Waals surface area contributed by atoms with E-state index in [0.29, 0.717) is 23.8 Å². The highest BCUT2D eigenvalue weighted by Crippen LogP contribution is 2.34. The Kier molecular flexibility index (Phi) is 6.44. The lowest BCUT2D eigenvalue weighted by molar-refractivity contribution is -0.117. The first kappa shape index (κ1) is 20.6. The Morgan fingerprint density at radius 1 is 1.20 bits per heavy atom. The van der Waals surface area contributed by atoms with Crippen molar-refractivity contribution in [2.45, 2.75) is 25.0 Å². The van der Waals surface area contributed by atoms with E-state index in [0.717, 1.165) is 22.0 Å². The first-order chi connectivity index (χ1) is 14.6. The summed E-state index contributed by atoms with van der Waals surface area (Å²) in [5, 5.41) is 12.4. The van der Waals surface area contributed by atoms with Crippen LogP contribution in [0.5, 0.6) is 0 Å². The normalized spacial score (nSPS) is 16.1. The third-order valence-corrected chi connectivity index (χ3v) is 6.82. The van der Waals surface area contributed by atoms with Crippen molar-refractivity contribution in [3.63, 3.8) is 0 Å². The van der Waals surface area contributed by atoms with Crippen LogP contribution in [0, 0.1) is 6.92 Å². The fourth-order valence-corrected chi connectivity index (χ4v) is 5.00. The minimum absolute atomic E-state index is 0.00591. The van der Waals surface area contributed by atoms with Gasteiger partial charge in [-0.05, 0) is 30.2 Å². The lowest BCUT2D eigenvalue weighted by atomic mass is 10.1. The largest absolute Gasteiger partial charge is 0.312 e. The second-order valence-electron chi connectivity index (χ2n) is 7.22. The molecule has 1 unspecified atom stereocenters. The number of amides is 2. The summed E-state index contributed by atoms with van der Waals surface area (Å²) in [6.07, 6.45) is 0.406. The van der Waals surface area contributed by atoms with Crippen LogP contribution in [0.3, 0.4) is 0 Å². The Balaban J connectivity index is 1.30. The molecule has 154 valence electrons. The molecule has 0 saturated carbocycles. The fraction of sp³-hybridized carbons (Fsp3) is 0.273. The number of aromatic nitrogens is 2. The second-order valence-corrected chi connectivity index (χ2v) is 9.21. The summed E-state index contributed by atoms with van der Waals surface area (Å²) >= 11 is 2.91. The molecule has 2 aromatic carbocycles. The number of nitrogens with one attached hydrogen (secondary N) is 1. The molecule has 1 aliphatic rings. The number of hydrogen-bond donors (Lipinski definition) is 1. The summed E-state index contributed by atoms with van der Waals surface area (Å²) in [6.45, 7) is 2.59. The average Bonchev–Trinajstić information content (AvgIpc) is 3.35. The Labute approximate surface area is 183 Å². The highest BCUT2D eigenvalue weighted by atomic mass is 32.2. The van der Waals surface area contributed by atoms with Crippen molar-refractivity contribution < 1.29 is 9.59 Å². The molecule has 0 bridgehead atoms. The van der Waals surface area contributed by atoms with Crippen molar-refractivity contribution in [2.75, 3.05) is 22.5 Å². The lowest BCUT2D eigenvalue weighted by Gasteiger charge is -2.16. The summed E-state index contributed by atoms with van der Waals surface area (Å²) in [7, 11) is 0. The molecule has 1 saturated heterocycles. The summed E-state index contributed by atoms with van der Waals surface area (Å²) < 4.78 is 0. The quantitative estimate of drug-likeness (QED) is 0.597. The van der Waals surface area contributed by atoms with E-state index in [1.165, 1.54) is 16.9 Å². The smallest absolute Gasteiger partial charge is 0.236 e. The Bertz CT molecular complexity index is 1040. The van der Waals surface area contributed by atoms with Gasteiger partial charge in [-0.2, -0.15) is 0 Å². The minimum atomic E-state index is -0.0949. The Morgan fingerprint density at radius 3 is 2.83 bits per heavy atom. The number of anilines is 2. The molecular weight excluding hydrogens is 416 g/mol. The van der Waals surface area contributed by atoms with Gasteiger partial charge in [-0.25, -0.2) is 0 Å². The van der Waals surface area contributed by atoms with Gasteiger partial charge in [-0.1, -0.05) is 53.8 Å². The van der Waals surface area contributed by atoms with Crippen molar-refractivity contribution in [3.8, 4) is 0 Å². The zero-order chi connectivity index (χ0) is 20.9. The second kappa shape index (κ2) is 9.40. The van der Waals surface area contributed by atoms with E-state index < -0.39 is 0 Å². The zero-order valence-corrected chi connectivity index (χ0v) is 18.2. The fourth-order valence-electron chi connectivity index (χ4n) is 3.36. The highest BCUT2D eigenvalue weighted by Gasteiger charge is 2.34. The van der Waals surface area contributed by atoms with Crippen molar-refractivity contribution >= 4 is 45.7 Å². The molecule has 2 amide bonds. The number of aryl methyl sites for hydroxylation is 1. The molecule has 3 aromatic rings. The monoisotopic (exact) mass is 438 g/mol. The predicted octanol–water partition coefficient (Wildman–Crippen LogP) is 4.24. The maximum absolute atomic E-state index is 12.5. The SMILES string of the molecule is Cc1cccc(N2CC(c3nnc(NC(=O)CSCc4ccccc4)s3)CC2=O)c1. The van der Waals surface area contributed by atoms with Gasteiger partial charge in [-0.15, -0.1) is 22.0 Å². The van der Waals surface area contributed by atoms with Crippen molar-refractivity contribution in [1.29, 1.82) is 0 Å². The van der Waals surface area contributed by atoms with Gasteiger partial charge in [-0.3, -0.25) is 14.9 Å². The van der Waals surface area contributed by atoms with E-state index in [4.69, 9.17) is 0 Å². The van der Waals surface area contributed by atoms with Gasteiger partial charge in [0.25, 0.3) is 0 Å². The predicted molar refractivity (Wildman–Crippen MR) is 122 cm³/mol. The number of carbonyl (C=O) groups excluding carboxylic acids is 2. The van der Waals surface area contributed by atoms with Gasteiger partial charge in [0.1, 0.15) is 5.01 Å². The number of benzene rings is 2. The number of hydrogen-bond acceptors (Lipinski definition) is 6. The summed E-state index contributed by atoms with van der Waals surface area (Å²) in [6, 6.07) is 18.0. The lowest BCUT2D eigenvalue weighted by Crippen LogP contribution is -2.24. The summed E-state index contributed by atoms with van der Waals surface area (Å²) in [5.74, 6) is 1.13. The summed E-state index contributed by atoms with van der Waals surface area (Å²) in [5.41, 5.74) is 3.23. The van der Waals surface area contributed by atoms with E-state index >= 15 is 0 Å². The number of nitrogens with zero attached hydrogens (tertiary/aromatic N) is 3. The van der Waals surface area contributed by atoms with Gasteiger partial charge >= 0.3 is 0 Å². The van der Waals surface area contributed by atoms with Crippen LogP contribution in [0.1, 0.15) is 28.5 Å². The van der Waals surface area contributed by atoms with E-state index in [-0.39, 0.29) is 17.7 Å². The van der Waals surface area contributed by atoms with Crippen LogP contribution < -0.4 is 10.2 Å². The van der Waals surface area contributed by atoms with Crippen LogP contribution in [-0.2, 0) is 15.3 Å². The maximum Gasteiger partial charge on any atom is 0.236 e. The molecule has 0 spiro atoms. The number of rotatable bonds is 7. The van der Waals surface area contributed by atoms with Gasteiger partial charge in [0, 0.05) is 30.3 Å². The molecular formula is C22H22N4O2S2. The van der Waals surface area contributed by atoms with Crippen LogP contribution in [0.15, 0.2) is 54.6 Å². The molecule has 30 heavy (non-hydrogen) atoms. The molecule has 4 rings (SSSR count). The standard InChI is InChI=1S/C22H22N4O2S2/c1-15-6-5-9-18(10-15)26-12-17(11-20(26)28)21-24-25-22(30-21)23-19(27)14-29-13-16-7-3-2-4-8-16/h2-10,17H,11-14H2,1H3,(H,23,25,27). The van der Waals surface area contributed by atoms with Crippen molar-refractivity contribution in [2.24, 2.45) is 0 Å². The van der Waals surface area contributed by atoms with E-state index in [2.05, 4.69) is 15.5 Å². The molecule has 1 fully saturated rings. The van der Waals surface area contributed by atoms with Crippen LogP contribution in [0.25, 0.3) is 0 Å². The van der Waals surface area contributed by atoms with Gasteiger partial charge in [0.05, 0.1) is 5.75 Å². The number of carbonyl (C=O) groups is 2.